The Hall–Kier alpha value is -3.41. The van der Waals surface area contributed by atoms with E-state index in [-0.39, 0.29) is 17.8 Å². The average Bonchev–Trinajstić information content (AvgIpc) is 3.54. The van der Waals surface area contributed by atoms with Gasteiger partial charge in [0.1, 0.15) is 0 Å². The first kappa shape index (κ1) is 22.1. The van der Waals surface area contributed by atoms with Gasteiger partial charge in [-0.3, -0.25) is 9.59 Å². The molecule has 2 fully saturated rings. The van der Waals surface area contributed by atoms with Gasteiger partial charge in [0, 0.05) is 38.0 Å². The van der Waals surface area contributed by atoms with Crippen LogP contribution in [0.5, 0.6) is 0 Å². The molecule has 0 radical (unpaired) electrons. The first-order valence-corrected chi connectivity index (χ1v) is 12.7. The fourth-order valence-electron chi connectivity index (χ4n) is 6.04. The molecule has 0 bridgehead atoms. The van der Waals surface area contributed by atoms with E-state index in [0.717, 1.165) is 42.5 Å². The molecule has 2 amide bonds. The molecule has 6 rings (SSSR count). The minimum Gasteiger partial charge on any atom is -0.449 e. The monoisotopic (exact) mass is 470 g/mol. The second-order valence-electron chi connectivity index (χ2n) is 10.2. The molecule has 0 aromatic heterocycles. The van der Waals surface area contributed by atoms with E-state index in [1.807, 2.05) is 41.0 Å². The van der Waals surface area contributed by atoms with Gasteiger partial charge in [-0.25, -0.2) is 4.79 Å². The van der Waals surface area contributed by atoms with Gasteiger partial charge in [-0.15, -0.1) is 0 Å². The maximum atomic E-state index is 13.7. The molecule has 35 heavy (non-hydrogen) atoms. The second kappa shape index (κ2) is 8.08. The number of hydrogen-bond donors (Lipinski definition) is 0. The Morgan fingerprint density at radius 2 is 1.74 bits per heavy atom. The molecule has 0 unspecified atom stereocenters. The van der Waals surface area contributed by atoms with Crippen molar-refractivity contribution >= 4 is 23.4 Å². The van der Waals surface area contributed by atoms with Crippen LogP contribution in [0.1, 0.15) is 66.1 Å². The predicted octanol–water partition coefficient (Wildman–Crippen LogP) is 4.04. The normalized spacial score (nSPS) is 24.3. The number of esters is 1. The molecule has 6 nitrogen and oxygen atoms in total. The van der Waals surface area contributed by atoms with Gasteiger partial charge in [-0.2, -0.15) is 0 Å². The molecule has 1 saturated carbocycles. The number of rotatable bonds is 4. The molecule has 0 N–H and O–H groups in total. The summed E-state index contributed by atoms with van der Waals surface area (Å²) in [6.45, 7) is 4.34. The molecule has 2 aromatic rings. The predicted molar refractivity (Wildman–Crippen MR) is 132 cm³/mol. The number of likely N-dealkylation sites (tertiary alicyclic amines) is 1. The topological polar surface area (TPSA) is 66.9 Å². The van der Waals surface area contributed by atoms with Crippen molar-refractivity contribution in [3.8, 4) is 0 Å². The average molecular weight is 471 g/mol. The van der Waals surface area contributed by atoms with Gasteiger partial charge in [0.25, 0.3) is 0 Å². The van der Waals surface area contributed by atoms with Crippen LogP contribution in [0.3, 0.4) is 0 Å². The third-order valence-corrected chi connectivity index (χ3v) is 8.28. The summed E-state index contributed by atoms with van der Waals surface area (Å²) in [5, 5.41) is 0. The van der Waals surface area contributed by atoms with E-state index in [1.165, 1.54) is 5.57 Å². The molecule has 3 aliphatic heterocycles. The Morgan fingerprint density at radius 3 is 2.43 bits per heavy atom. The lowest BCUT2D eigenvalue weighted by Gasteiger charge is -2.27. The van der Waals surface area contributed by atoms with Crippen molar-refractivity contribution in [2.45, 2.75) is 50.0 Å². The summed E-state index contributed by atoms with van der Waals surface area (Å²) >= 11 is 0. The quantitative estimate of drug-likeness (QED) is 0.633. The Labute approximate surface area is 205 Å². The fraction of sp³-hybridized carbons (Fsp3) is 0.414. The summed E-state index contributed by atoms with van der Waals surface area (Å²) in [7, 11) is 0. The Bertz CT molecular complexity index is 1240. The molecule has 3 heterocycles. The third-order valence-electron chi connectivity index (χ3n) is 8.28. The van der Waals surface area contributed by atoms with Crippen LogP contribution in [0, 0.1) is 0 Å². The second-order valence-corrected chi connectivity index (χ2v) is 10.2. The van der Waals surface area contributed by atoms with Crippen molar-refractivity contribution in [3.05, 3.63) is 76.9 Å². The molecular weight excluding hydrogens is 440 g/mol. The van der Waals surface area contributed by atoms with E-state index in [9.17, 15) is 14.4 Å². The molecular formula is C29H30N2O4. The minimum atomic E-state index is -0.705. The number of carbonyl (C=O) groups excluding carboxylic acids is 3. The summed E-state index contributed by atoms with van der Waals surface area (Å²) in [4.78, 5) is 41.9. The molecule has 6 heteroatoms. The van der Waals surface area contributed by atoms with E-state index < -0.39 is 11.0 Å². The van der Waals surface area contributed by atoms with Gasteiger partial charge < -0.3 is 14.5 Å². The van der Waals surface area contributed by atoms with Crippen LogP contribution in [0.25, 0.3) is 5.57 Å². The first-order valence-electron chi connectivity index (χ1n) is 12.7. The lowest BCUT2D eigenvalue weighted by atomic mass is 9.90. The molecule has 1 saturated heterocycles. The number of hydrogen-bond acceptors (Lipinski definition) is 4. The molecule has 4 aliphatic rings. The van der Waals surface area contributed by atoms with Gasteiger partial charge in [0.15, 0.2) is 5.60 Å². The van der Waals surface area contributed by atoms with E-state index in [4.69, 9.17) is 4.74 Å². The van der Waals surface area contributed by atoms with Crippen molar-refractivity contribution in [2.75, 3.05) is 26.2 Å². The Kier molecular flexibility index (Phi) is 5.09. The summed E-state index contributed by atoms with van der Waals surface area (Å²) in [5.41, 5.74) is 3.86. The van der Waals surface area contributed by atoms with Crippen molar-refractivity contribution in [2.24, 2.45) is 0 Å². The van der Waals surface area contributed by atoms with Crippen molar-refractivity contribution in [1.29, 1.82) is 0 Å². The number of nitrogens with zero attached hydrogens (tertiary/aromatic N) is 2. The molecule has 1 spiro atoms. The number of carbonyl (C=O) groups is 3. The van der Waals surface area contributed by atoms with Crippen LogP contribution in [0.2, 0.25) is 0 Å². The third kappa shape index (κ3) is 3.49. The highest BCUT2D eigenvalue weighted by atomic mass is 16.6. The maximum absolute atomic E-state index is 13.7. The Balaban J connectivity index is 1.17. The van der Waals surface area contributed by atoms with Crippen LogP contribution in [-0.2, 0) is 25.3 Å². The largest absolute Gasteiger partial charge is 0.449 e. The molecule has 1 aliphatic carbocycles. The number of benzene rings is 2. The standard InChI is InChI=1S/C29H30N2O4/c1-2-25(32)30-16-11-21(12-17-30)20-7-9-22(10-8-20)28(13-14-28)27(34)31-18-15-29(19-31)24-6-4-3-5-23(24)26(33)35-29/h3-11H,2,12-19H2,1H3/t29-/m0/s1. The highest BCUT2D eigenvalue weighted by molar-refractivity contribution is 5.96. The van der Waals surface area contributed by atoms with Gasteiger partial charge in [0.2, 0.25) is 11.8 Å². The zero-order chi connectivity index (χ0) is 24.2. The summed E-state index contributed by atoms with van der Waals surface area (Å²) < 4.78 is 5.85. The highest BCUT2D eigenvalue weighted by Crippen LogP contribution is 2.52. The van der Waals surface area contributed by atoms with Crippen LogP contribution < -0.4 is 0 Å². The number of amides is 2. The Morgan fingerprint density at radius 1 is 0.971 bits per heavy atom. The zero-order valence-corrected chi connectivity index (χ0v) is 20.1. The van der Waals surface area contributed by atoms with Crippen molar-refractivity contribution in [1.82, 2.24) is 9.80 Å². The summed E-state index contributed by atoms with van der Waals surface area (Å²) in [5.74, 6) is 0.0587. The summed E-state index contributed by atoms with van der Waals surface area (Å²) in [6.07, 6.45) is 5.88. The van der Waals surface area contributed by atoms with Gasteiger partial charge in [-0.1, -0.05) is 55.5 Å². The van der Waals surface area contributed by atoms with E-state index in [0.29, 0.717) is 38.0 Å². The van der Waals surface area contributed by atoms with Gasteiger partial charge in [0.05, 0.1) is 17.5 Å². The molecule has 1 atom stereocenters. The van der Waals surface area contributed by atoms with Crippen LogP contribution >= 0.6 is 0 Å². The lowest BCUT2D eigenvalue weighted by Crippen LogP contribution is -2.40. The lowest BCUT2D eigenvalue weighted by molar-refractivity contribution is -0.134. The van der Waals surface area contributed by atoms with Crippen molar-refractivity contribution < 1.29 is 19.1 Å². The number of ether oxygens (including phenoxy) is 1. The smallest absolute Gasteiger partial charge is 0.339 e. The van der Waals surface area contributed by atoms with Gasteiger partial charge >= 0.3 is 5.97 Å². The highest BCUT2D eigenvalue weighted by Gasteiger charge is 2.57. The van der Waals surface area contributed by atoms with E-state index in [2.05, 4.69) is 30.3 Å². The van der Waals surface area contributed by atoms with Crippen molar-refractivity contribution in [3.63, 3.8) is 0 Å². The maximum Gasteiger partial charge on any atom is 0.339 e. The molecule has 2 aromatic carbocycles. The zero-order valence-electron chi connectivity index (χ0n) is 20.1. The fourth-order valence-corrected chi connectivity index (χ4v) is 6.04. The number of fused-ring (bicyclic) bond motifs is 2. The van der Waals surface area contributed by atoms with Crippen LogP contribution in [-0.4, -0.2) is 53.8 Å². The van der Waals surface area contributed by atoms with E-state index >= 15 is 0 Å². The van der Waals surface area contributed by atoms with Gasteiger partial charge in [-0.05, 0) is 42.0 Å². The molecule has 180 valence electrons. The van der Waals surface area contributed by atoms with E-state index in [1.54, 1.807) is 0 Å². The van der Waals surface area contributed by atoms with Crippen LogP contribution in [0.4, 0.5) is 0 Å². The van der Waals surface area contributed by atoms with Crippen LogP contribution in [0.15, 0.2) is 54.6 Å². The summed E-state index contributed by atoms with van der Waals surface area (Å²) in [6, 6.07) is 16.0. The SMILES string of the molecule is CCC(=O)N1CC=C(c2ccc(C3(C(=O)N4CC[C@@]5(C4)OC(=O)c4ccccc45)CC3)cc2)CC1. The first-order chi connectivity index (χ1) is 17.0. The minimum absolute atomic E-state index is 0.146.